The van der Waals surface area contributed by atoms with Gasteiger partial charge in [0.1, 0.15) is 0 Å². The van der Waals surface area contributed by atoms with Crippen LogP contribution in [0.3, 0.4) is 0 Å². The number of methoxy groups -OCH3 is 2. The van der Waals surface area contributed by atoms with Crippen LogP contribution >= 0.6 is 35.7 Å². The van der Waals surface area contributed by atoms with Gasteiger partial charge in [0.25, 0.3) is 0 Å². The molecular formula is C20H36IN3O2S. The number of nitrogens with one attached hydrogen (secondary N) is 2. The maximum absolute atomic E-state index is 5.43. The van der Waals surface area contributed by atoms with Gasteiger partial charge in [0, 0.05) is 18.5 Å². The molecule has 0 spiro atoms. The highest BCUT2D eigenvalue weighted by molar-refractivity contribution is 14.0. The van der Waals surface area contributed by atoms with Crippen molar-refractivity contribution < 1.29 is 9.47 Å². The molecule has 0 fully saturated rings. The lowest BCUT2D eigenvalue weighted by Gasteiger charge is -2.25. The van der Waals surface area contributed by atoms with Gasteiger partial charge in [0.05, 0.1) is 20.8 Å². The molecule has 27 heavy (non-hydrogen) atoms. The highest BCUT2D eigenvalue weighted by Gasteiger charge is 2.22. The molecule has 2 N–H and O–H groups in total. The first-order chi connectivity index (χ1) is 12.5. The predicted molar refractivity (Wildman–Crippen MR) is 130 cm³/mol. The lowest BCUT2D eigenvalue weighted by Crippen LogP contribution is -2.39. The maximum atomic E-state index is 5.43. The highest BCUT2D eigenvalue weighted by atomic mass is 127. The molecule has 0 unspecified atom stereocenters. The molecule has 1 rings (SSSR count). The molecule has 0 saturated heterocycles. The van der Waals surface area contributed by atoms with Gasteiger partial charge < -0.3 is 20.1 Å². The van der Waals surface area contributed by atoms with Crippen LogP contribution in [0.4, 0.5) is 0 Å². The van der Waals surface area contributed by atoms with Gasteiger partial charge in [-0.15, -0.1) is 24.0 Å². The Balaban J connectivity index is 0.00000676. The first-order valence-corrected chi connectivity index (χ1v) is 10.6. The van der Waals surface area contributed by atoms with Crippen LogP contribution in [-0.2, 0) is 5.41 Å². The summed E-state index contributed by atoms with van der Waals surface area (Å²) in [5.74, 6) is 3.59. The second kappa shape index (κ2) is 14.2. The van der Waals surface area contributed by atoms with Gasteiger partial charge in [0.2, 0.25) is 0 Å². The van der Waals surface area contributed by atoms with Crippen molar-refractivity contribution in [1.29, 1.82) is 0 Å². The Kier molecular flexibility index (Phi) is 13.8. The van der Waals surface area contributed by atoms with Crippen molar-refractivity contribution in [1.82, 2.24) is 10.6 Å². The van der Waals surface area contributed by atoms with Crippen molar-refractivity contribution in [3.8, 4) is 11.5 Å². The van der Waals surface area contributed by atoms with Crippen LogP contribution in [0.5, 0.6) is 11.5 Å². The molecule has 1 aromatic rings. The van der Waals surface area contributed by atoms with Gasteiger partial charge in [-0.2, -0.15) is 11.8 Å². The average Bonchev–Trinajstić information content (AvgIpc) is 2.65. The number of ether oxygens (including phenoxy) is 2. The number of thioether (sulfide) groups is 1. The monoisotopic (exact) mass is 509 g/mol. The Bertz CT molecular complexity index is 568. The van der Waals surface area contributed by atoms with E-state index in [1.54, 1.807) is 14.2 Å². The van der Waals surface area contributed by atoms with Crippen LogP contribution in [0.1, 0.15) is 39.2 Å². The highest BCUT2D eigenvalue weighted by Crippen LogP contribution is 2.33. The summed E-state index contributed by atoms with van der Waals surface area (Å²) >= 11 is 1.89. The fourth-order valence-electron chi connectivity index (χ4n) is 2.55. The van der Waals surface area contributed by atoms with Crippen molar-refractivity contribution in [2.45, 2.75) is 39.0 Å². The molecule has 0 aromatic heterocycles. The summed E-state index contributed by atoms with van der Waals surface area (Å²) in [6.45, 7) is 8.96. The standard InChI is InChI=1S/C20H35N3O2S.HI/c1-7-21-19(22-12-8-9-13-26-6)23-15-20(2,3)16-10-11-17(24-4)18(14-16)25-5;/h10-11,14H,7-9,12-13,15H2,1-6H3,(H2,21,22,23);1H. The molecule has 0 bridgehead atoms. The van der Waals surface area contributed by atoms with Crippen molar-refractivity contribution in [3.63, 3.8) is 0 Å². The largest absolute Gasteiger partial charge is 0.493 e. The van der Waals surface area contributed by atoms with Crippen LogP contribution in [0.25, 0.3) is 0 Å². The zero-order chi connectivity index (χ0) is 19.4. The fourth-order valence-corrected chi connectivity index (χ4v) is 3.04. The predicted octanol–water partition coefficient (Wildman–Crippen LogP) is 4.30. The third kappa shape index (κ3) is 9.27. The first-order valence-electron chi connectivity index (χ1n) is 9.22. The van der Waals surface area contributed by atoms with Crippen molar-refractivity contribution >= 4 is 41.7 Å². The van der Waals surface area contributed by atoms with Crippen molar-refractivity contribution in [3.05, 3.63) is 23.8 Å². The van der Waals surface area contributed by atoms with E-state index < -0.39 is 0 Å². The van der Waals surface area contributed by atoms with E-state index in [4.69, 9.17) is 14.5 Å². The minimum Gasteiger partial charge on any atom is -0.493 e. The Labute approximate surface area is 186 Å². The smallest absolute Gasteiger partial charge is 0.191 e. The van der Waals surface area contributed by atoms with Gasteiger partial charge in [-0.3, -0.25) is 4.99 Å². The van der Waals surface area contributed by atoms with Gasteiger partial charge >= 0.3 is 0 Å². The van der Waals surface area contributed by atoms with Gasteiger partial charge in [-0.1, -0.05) is 19.9 Å². The van der Waals surface area contributed by atoms with Crippen LogP contribution in [-0.4, -0.2) is 51.8 Å². The lowest BCUT2D eigenvalue weighted by molar-refractivity contribution is 0.353. The van der Waals surface area contributed by atoms with Crippen LogP contribution in [0.15, 0.2) is 23.2 Å². The zero-order valence-corrected chi connectivity index (χ0v) is 20.7. The first kappa shape index (κ1) is 26.2. The van der Waals surface area contributed by atoms with Gasteiger partial charge in [-0.25, -0.2) is 0 Å². The van der Waals surface area contributed by atoms with E-state index in [0.717, 1.165) is 37.0 Å². The number of unbranched alkanes of at least 4 members (excludes halogenated alkanes) is 1. The van der Waals surface area contributed by atoms with E-state index in [9.17, 15) is 0 Å². The molecule has 0 aliphatic rings. The Morgan fingerprint density at radius 2 is 1.81 bits per heavy atom. The van der Waals surface area contributed by atoms with E-state index in [1.165, 1.54) is 17.7 Å². The number of guanidine groups is 1. The molecular weight excluding hydrogens is 473 g/mol. The minimum atomic E-state index is -0.110. The normalized spacial score (nSPS) is 11.6. The molecule has 0 aliphatic carbocycles. The van der Waals surface area contributed by atoms with E-state index in [-0.39, 0.29) is 29.4 Å². The summed E-state index contributed by atoms with van der Waals surface area (Å²) in [4.78, 5) is 4.79. The third-order valence-electron chi connectivity index (χ3n) is 4.21. The summed E-state index contributed by atoms with van der Waals surface area (Å²) in [5, 5.41) is 6.76. The molecule has 0 amide bonds. The molecule has 0 radical (unpaired) electrons. The van der Waals surface area contributed by atoms with Crippen LogP contribution < -0.4 is 20.1 Å². The van der Waals surface area contributed by atoms with E-state index in [2.05, 4.69) is 43.7 Å². The van der Waals surface area contributed by atoms with Crippen molar-refractivity contribution in [2.75, 3.05) is 45.9 Å². The molecule has 0 heterocycles. The number of hydrogen-bond acceptors (Lipinski definition) is 4. The third-order valence-corrected chi connectivity index (χ3v) is 4.91. The van der Waals surface area contributed by atoms with Crippen LogP contribution in [0, 0.1) is 0 Å². The maximum Gasteiger partial charge on any atom is 0.191 e. The molecule has 0 aliphatic heterocycles. The molecule has 156 valence electrons. The average molecular weight is 509 g/mol. The number of hydrogen-bond donors (Lipinski definition) is 2. The quantitative estimate of drug-likeness (QED) is 0.202. The summed E-state index contributed by atoms with van der Waals surface area (Å²) < 4.78 is 10.8. The number of halogens is 1. The Morgan fingerprint density at radius 1 is 1.11 bits per heavy atom. The van der Waals surface area contributed by atoms with Crippen molar-refractivity contribution in [2.24, 2.45) is 4.99 Å². The fraction of sp³-hybridized carbons (Fsp3) is 0.650. The Hall–Kier alpha value is -0.830. The number of benzene rings is 1. The lowest BCUT2D eigenvalue weighted by atomic mass is 9.84. The Morgan fingerprint density at radius 3 is 2.41 bits per heavy atom. The number of rotatable bonds is 11. The summed E-state index contributed by atoms with van der Waals surface area (Å²) in [5.41, 5.74) is 1.07. The SMILES string of the molecule is CCNC(=NCC(C)(C)c1ccc(OC)c(OC)c1)NCCCCSC.I. The summed E-state index contributed by atoms with van der Waals surface area (Å²) in [7, 11) is 3.32. The minimum absolute atomic E-state index is 0. The summed E-state index contributed by atoms with van der Waals surface area (Å²) in [6, 6.07) is 6.07. The van der Waals surface area contributed by atoms with E-state index in [1.807, 2.05) is 23.9 Å². The molecule has 5 nitrogen and oxygen atoms in total. The second-order valence-corrected chi connectivity index (χ2v) is 7.76. The second-order valence-electron chi connectivity index (χ2n) is 6.78. The van der Waals surface area contributed by atoms with E-state index in [0.29, 0.717) is 6.54 Å². The molecule has 0 saturated carbocycles. The topological polar surface area (TPSA) is 54.9 Å². The number of nitrogens with zero attached hydrogens (tertiary/aromatic N) is 1. The molecule has 7 heteroatoms. The van der Waals surface area contributed by atoms with E-state index >= 15 is 0 Å². The summed E-state index contributed by atoms with van der Waals surface area (Å²) in [6.07, 6.45) is 4.53. The zero-order valence-electron chi connectivity index (χ0n) is 17.6. The van der Waals surface area contributed by atoms with Gasteiger partial charge in [-0.05, 0) is 49.5 Å². The van der Waals surface area contributed by atoms with Gasteiger partial charge in [0.15, 0.2) is 17.5 Å². The van der Waals surface area contributed by atoms with Crippen LogP contribution in [0.2, 0.25) is 0 Å². The number of aliphatic imine (C=N–C) groups is 1. The molecule has 0 atom stereocenters. The molecule has 1 aromatic carbocycles.